The zero-order valence-corrected chi connectivity index (χ0v) is 8.11. The number of amides is 1. The lowest BCUT2D eigenvalue weighted by molar-refractivity contribution is 0.0959. The number of hydrogen-bond donors (Lipinski definition) is 1. The van der Waals surface area contributed by atoms with Gasteiger partial charge in [0.15, 0.2) is 0 Å². The van der Waals surface area contributed by atoms with Gasteiger partial charge in [-0.1, -0.05) is 18.2 Å². The van der Waals surface area contributed by atoms with Crippen LogP contribution in [-0.4, -0.2) is 13.0 Å². The second-order valence-electron chi connectivity index (χ2n) is 3.06. The van der Waals surface area contributed by atoms with Crippen LogP contribution in [0.25, 0.3) is 11.0 Å². The molecule has 0 radical (unpaired) electrons. The molecular formula is C11H9NO3. The summed E-state index contributed by atoms with van der Waals surface area (Å²) >= 11 is 0. The SMILES string of the molecule is CNC(=O)c1cc2ccccc2oc1=O. The first-order chi connectivity index (χ1) is 7.22. The standard InChI is InChI=1S/C11H9NO3/c1-12-10(13)8-6-7-4-2-3-5-9(7)15-11(8)14/h2-6H,1H3,(H,12,13). The highest BCUT2D eigenvalue weighted by Gasteiger charge is 2.11. The van der Waals surface area contributed by atoms with Gasteiger partial charge in [-0.15, -0.1) is 0 Å². The van der Waals surface area contributed by atoms with E-state index in [0.29, 0.717) is 5.58 Å². The number of carbonyl (C=O) groups excluding carboxylic acids is 1. The molecule has 1 amide bonds. The Morgan fingerprint density at radius 1 is 1.33 bits per heavy atom. The maximum absolute atomic E-state index is 11.4. The summed E-state index contributed by atoms with van der Waals surface area (Å²) in [6.07, 6.45) is 0. The van der Waals surface area contributed by atoms with E-state index in [1.54, 1.807) is 18.2 Å². The van der Waals surface area contributed by atoms with Crippen molar-refractivity contribution in [3.63, 3.8) is 0 Å². The van der Waals surface area contributed by atoms with Crippen molar-refractivity contribution >= 4 is 16.9 Å². The quantitative estimate of drug-likeness (QED) is 0.707. The fourth-order valence-corrected chi connectivity index (χ4v) is 1.35. The molecule has 0 aliphatic carbocycles. The van der Waals surface area contributed by atoms with Gasteiger partial charge < -0.3 is 9.73 Å². The summed E-state index contributed by atoms with van der Waals surface area (Å²) in [5, 5.41) is 3.12. The minimum atomic E-state index is -0.618. The number of hydrogen-bond acceptors (Lipinski definition) is 3. The highest BCUT2D eigenvalue weighted by molar-refractivity contribution is 5.96. The van der Waals surface area contributed by atoms with Crippen molar-refractivity contribution in [2.45, 2.75) is 0 Å². The molecule has 0 unspecified atom stereocenters. The molecule has 4 heteroatoms. The summed E-state index contributed by atoms with van der Waals surface area (Å²) in [5.41, 5.74) is -0.112. The van der Waals surface area contributed by atoms with Crippen LogP contribution in [0.15, 0.2) is 39.5 Å². The molecule has 0 aliphatic rings. The lowest BCUT2D eigenvalue weighted by atomic mass is 10.2. The maximum Gasteiger partial charge on any atom is 0.349 e. The van der Waals surface area contributed by atoms with Crippen LogP contribution in [0.4, 0.5) is 0 Å². The normalized spacial score (nSPS) is 10.2. The summed E-state index contributed by atoms with van der Waals surface area (Å²) in [6, 6.07) is 8.58. The Kier molecular flexibility index (Phi) is 2.25. The van der Waals surface area contributed by atoms with E-state index in [9.17, 15) is 9.59 Å². The van der Waals surface area contributed by atoms with Crippen molar-refractivity contribution in [1.82, 2.24) is 5.32 Å². The number of rotatable bonds is 1. The molecule has 0 bridgehead atoms. The third-order valence-electron chi connectivity index (χ3n) is 2.11. The van der Waals surface area contributed by atoms with Crippen LogP contribution in [0, 0.1) is 0 Å². The van der Waals surface area contributed by atoms with Gasteiger partial charge in [-0.25, -0.2) is 4.79 Å². The summed E-state index contributed by atoms with van der Waals surface area (Å²) in [4.78, 5) is 22.7. The van der Waals surface area contributed by atoms with Crippen molar-refractivity contribution in [3.8, 4) is 0 Å². The Hall–Kier alpha value is -2.10. The van der Waals surface area contributed by atoms with E-state index in [1.807, 2.05) is 6.07 Å². The molecule has 1 heterocycles. The Balaban J connectivity index is 2.73. The number of para-hydroxylation sites is 1. The fourth-order valence-electron chi connectivity index (χ4n) is 1.35. The van der Waals surface area contributed by atoms with E-state index in [0.717, 1.165) is 5.39 Å². The molecule has 0 saturated heterocycles. The smallest absolute Gasteiger partial charge is 0.349 e. The van der Waals surface area contributed by atoms with Gasteiger partial charge in [0.25, 0.3) is 5.91 Å². The minimum absolute atomic E-state index is 0.0243. The Morgan fingerprint density at radius 2 is 2.07 bits per heavy atom. The molecule has 4 nitrogen and oxygen atoms in total. The number of benzene rings is 1. The zero-order valence-electron chi connectivity index (χ0n) is 8.11. The Labute approximate surface area is 85.5 Å². The minimum Gasteiger partial charge on any atom is -0.422 e. The van der Waals surface area contributed by atoms with E-state index in [-0.39, 0.29) is 5.56 Å². The molecule has 1 N–H and O–H groups in total. The first kappa shape index (κ1) is 9.45. The van der Waals surface area contributed by atoms with Gasteiger partial charge in [0.2, 0.25) is 0 Å². The van der Waals surface area contributed by atoms with Gasteiger partial charge in [0.05, 0.1) is 0 Å². The van der Waals surface area contributed by atoms with Gasteiger partial charge in [0.1, 0.15) is 11.1 Å². The predicted molar refractivity (Wildman–Crippen MR) is 55.9 cm³/mol. The van der Waals surface area contributed by atoms with Gasteiger partial charge in [-0.2, -0.15) is 0 Å². The second-order valence-corrected chi connectivity index (χ2v) is 3.06. The molecule has 1 aromatic heterocycles. The summed E-state index contributed by atoms with van der Waals surface area (Å²) in [6.45, 7) is 0. The van der Waals surface area contributed by atoms with E-state index in [2.05, 4.69) is 5.32 Å². The van der Waals surface area contributed by atoms with Crippen LogP contribution < -0.4 is 10.9 Å². The molecule has 2 aromatic rings. The number of carbonyl (C=O) groups is 1. The maximum atomic E-state index is 11.4. The van der Waals surface area contributed by atoms with E-state index in [1.165, 1.54) is 13.1 Å². The van der Waals surface area contributed by atoms with Crippen molar-refractivity contribution in [2.75, 3.05) is 7.05 Å². The van der Waals surface area contributed by atoms with Crippen LogP contribution in [0.5, 0.6) is 0 Å². The second kappa shape index (κ2) is 3.57. The Morgan fingerprint density at radius 3 is 2.80 bits per heavy atom. The monoisotopic (exact) mass is 203 g/mol. The molecule has 0 atom stereocenters. The number of nitrogens with one attached hydrogen (secondary N) is 1. The predicted octanol–water partition coefficient (Wildman–Crippen LogP) is 1.15. The molecule has 1 aromatic carbocycles. The number of fused-ring (bicyclic) bond motifs is 1. The van der Waals surface area contributed by atoms with Crippen LogP contribution in [0.3, 0.4) is 0 Å². The van der Waals surface area contributed by atoms with Crippen molar-refractivity contribution in [2.24, 2.45) is 0 Å². The average molecular weight is 203 g/mol. The van der Waals surface area contributed by atoms with Gasteiger partial charge >= 0.3 is 5.63 Å². The van der Waals surface area contributed by atoms with Crippen molar-refractivity contribution < 1.29 is 9.21 Å². The molecule has 0 aliphatic heterocycles. The highest BCUT2D eigenvalue weighted by Crippen LogP contribution is 2.12. The Bertz CT molecular complexity index is 571. The topological polar surface area (TPSA) is 59.3 Å². The van der Waals surface area contributed by atoms with Crippen molar-refractivity contribution in [3.05, 3.63) is 46.3 Å². The van der Waals surface area contributed by atoms with Gasteiger partial charge in [-0.3, -0.25) is 4.79 Å². The molecule has 15 heavy (non-hydrogen) atoms. The van der Waals surface area contributed by atoms with Gasteiger partial charge in [-0.05, 0) is 12.1 Å². The summed E-state index contributed by atoms with van der Waals surface area (Å²) < 4.78 is 5.00. The van der Waals surface area contributed by atoms with Crippen molar-refractivity contribution in [1.29, 1.82) is 0 Å². The van der Waals surface area contributed by atoms with Crippen LogP contribution in [0.2, 0.25) is 0 Å². The van der Waals surface area contributed by atoms with Crippen LogP contribution in [-0.2, 0) is 0 Å². The molecule has 0 fully saturated rings. The van der Waals surface area contributed by atoms with E-state index >= 15 is 0 Å². The molecule has 76 valence electrons. The largest absolute Gasteiger partial charge is 0.422 e. The lowest BCUT2D eigenvalue weighted by Crippen LogP contribution is -2.24. The summed E-state index contributed by atoms with van der Waals surface area (Å²) in [7, 11) is 1.47. The van der Waals surface area contributed by atoms with E-state index in [4.69, 9.17) is 4.42 Å². The first-order valence-electron chi connectivity index (χ1n) is 4.47. The summed E-state index contributed by atoms with van der Waals surface area (Å²) in [5.74, 6) is -0.436. The highest BCUT2D eigenvalue weighted by atomic mass is 16.4. The molecule has 2 rings (SSSR count). The lowest BCUT2D eigenvalue weighted by Gasteiger charge is -1.99. The fraction of sp³-hybridized carbons (Fsp3) is 0.0909. The van der Waals surface area contributed by atoms with Crippen LogP contribution >= 0.6 is 0 Å². The molecule has 0 saturated carbocycles. The third-order valence-corrected chi connectivity index (χ3v) is 2.11. The average Bonchev–Trinajstić information content (AvgIpc) is 2.27. The zero-order chi connectivity index (χ0) is 10.8. The van der Waals surface area contributed by atoms with Gasteiger partial charge in [0, 0.05) is 12.4 Å². The first-order valence-corrected chi connectivity index (χ1v) is 4.47. The third kappa shape index (κ3) is 1.61. The molecular weight excluding hydrogens is 194 g/mol. The van der Waals surface area contributed by atoms with Crippen LogP contribution in [0.1, 0.15) is 10.4 Å². The molecule has 0 spiro atoms. The van der Waals surface area contributed by atoms with E-state index < -0.39 is 11.5 Å².